The Morgan fingerprint density at radius 3 is 2.60 bits per heavy atom. The van der Waals surface area contributed by atoms with Crippen molar-refractivity contribution >= 4 is 34.4 Å². The number of rotatable bonds is 3. The van der Waals surface area contributed by atoms with E-state index in [1.54, 1.807) is 18.5 Å². The fraction of sp³-hybridized carbons (Fsp3) is 0.286. The Kier molecular flexibility index (Phi) is 3.99. The quantitative estimate of drug-likeness (QED) is 0.882. The number of carbonyl (C=O) groups is 2. The normalized spacial score (nSPS) is 12.2. The van der Waals surface area contributed by atoms with Gasteiger partial charge >= 0.3 is 5.97 Å². The highest BCUT2D eigenvalue weighted by Crippen LogP contribution is 2.29. The van der Waals surface area contributed by atoms with Gasteiger partial charge in [0.1, 0.15) is 11.7 Å². The smallest absolute Gasteiger partial charge is 0.328 e. The first-order chi connectivity index (χ1) is 9.47. The van der Waals surface area contributed by atoms with Crippen molar-refractivity contribution in [3.05, 3.63) is 35.0 Å². The number of fused-ring (bicyclic) bond motifs is 1. The molecule has 6 heteroatoms. The average Bonchev–Trinajstić information content (AvgIpc) is 2.70. The second kappa shape index (κ2) is 5.54. The molecule has 0 fully saturated rings. The number of amides is 1. The molecule has 1 heterocycles. The van der Waals surface area contributed by atoms with E-state index in [1.165, 1.54) is 7.11 Å². The number of nitrogens with zero attached hydrogens (tertiary/aromatic N) is 1. The van der Waals surface area contributed by atoms with Gasteiger partial charge < -0.3 is 14.6 Å². The number of nitrogens with one attached hydrogen (secondary N) is 1. The summed E-state index contributed by atoms with van der Waals surface area (Å²) < 4.78 is 6.28. The molecule has 0 unspecified atom stereocenters. The number of hydrogen-bond acceptors (Lipinski definition) is 3. The maximum absolute atomic E-state index is 12.3. The van der Waals surface area contributed by atoms with Crippen LogP contribution in [-0.4, -0.2) is 29.6 Å². The fourth-order valence-corrected chi connectivity index (χ4v) is 2.47. The molecule has 0 aliphatic rings. The lowest BCUT2D eigenvalue weighted by molar-refractivity contribution is -0.142. The number of benzene rings is 1. The van der Waals surface area contributed by atoms with Crippen molar-refractivity contribution in [1.82, 2.24) is 9.88 Å². The van der Waals surface area contributed by atoms with Crippen LogP contribution in [0.25, 0.3) is 10.9 Å². The highest BCUT2D eigenvalue weighted by atomic mass is 35.5. The van der Waals surface area contributed by atoms with Gasteiger partial charge in [-0.15, -0.1) is 0 Å². The Morgan fingerprint density at radius 2 is 2.00 bits per heavy atom. The standard InChI is InChI=1S/C14H15ClN2O3/c1-8(14(19)20-3)16-13(18)12-11(15)9-6-4-5-7-10(9)17(12)2/h4-8H,1-3H3,(H,16,18)/t8-/m0/s1. The molecule has 0 spiro atoms. The Balaban J connectivity index is 2.38. The summed E-state index contributed by atoms with van der Waals surface area (Å²) in [6, 6.07) is 6.71. The monoisotopic (exact) mass is 294 g/mol. The van der Waals surface area contributed by atoms with Gasteiger partial charge in [-0.05, 0) is 13.0 Å². The first-order valence-corrected chi connectivity index (χ1v) is 6.46. The SMILES string of the molecule is COC(=O)[C@H](C)NC(=O)c1c(Cl)c2ccccc2n1C. The molecular weight excluding hydrogens is 280 g/mol. The zero-order chi connectivity index (χ0) is 14.9. The molecule has 2 rings (SSSR count). The zero-order valence-electron chi connectivity index (χ0n) is 11.4. The van der Waals surface area contributed by atoms with Crippen molar-refractivity contribution in [3.63, 3.8) is 0 Å². The largest absolute Gasteiger partial charge is 0.467 e. The zero-order valence-corrected chi connectivity index (χ0v) is 12.2. The fourth-order valence-electron chi connectivity index (χ4n) is 2.10. The number of halogens is 1. The third-order valence-corrected chi connectivity index (χ3v) is 3.55. The molecule has 106 valence electrons. The lowest BCUT2D eigenvalue weighted by Gasteiger charge is -2.12. The van der Waals surface area contributed by atoms with Crippen molar-refractivity contribution in [3.8, 4) is 0 Å². The molecule has 0 bridgehead atoms. The highest BCUT2D eigenvalue weighted by molar-refractivity contribution is 6.38. The minimum absolute atomic E-state index is 0.323. The summed E-state index contributed by atoms with van der Waals surface area (Å²) in [5.74, 6) is -0.917. The van der Waals surface area contributed by atoms with E-state index in [-0.39, 0.29) is 0 Å². The minimum atomic E-state index is -0.735. The van der Waals surface area contributed by atoms with E-state index in [0.29, 0.717) is 10.7 Å². The molecule has 0 aliphatic heterocycles. The summed E-state index contributed by atoms with van der Waals surface area (Å²) in [7, 11) is 3.03. The first-order valence-electron chi connectivity index (χ1n) is 6.09. The molecule has 0 saturated carbocycles. The van der Waals surface area contributed by atoms with Gasteiger partial charge in [-0.1, -0.05) is 29.8 Å². The summed E-state index contributed by atoms with van der Waals surface area (Å²) in [6.07, 6.45) is 0. The van der Waals surface area contributed by atoms with Crippen molar-refractivity contribution < 1.29 is 14.3 Å². The lowest BCUT2D eigenvalue weighted by atomic mass is 10.2. The molecule has 20 heavy (non-hydrogen) atoms. The number of aryl methyl sites for hydroxylation is 1. The van der Waals surface area contributed by atoms with Crippen molar-refractivity contribution in [2.75, 3.05) is 7.11 Å². The number of hydrogen-bond donors (Lipinski definition) is 1. The van der Waals surface area contributed by atoms with Gasteiger partial charge in [-0.2, -0.15) is 0 Å². The van der Waals surface area contributed by atoms with Crippen LogP contribution in [-0.2, 0) is 16.6 Å². The van der Waals surface area contributed by atoms with Gasteiger partial charge in [0.05, 0.1) is 12.1 Å². The third-order valence-electron chi connectivity index (χ3n) is 3.16. The van der Waals surface area contributed by atoms with Crippen LogP contribution in [0.1, 0.15) is 17.4 Å². The van der Waals surface area contributed by atoms with E-state index in [2.05, 4.69) is 10.1 Å². The Morgan fingerprint density at radius 1 is 1.35 bits per heavy atom. The molecule has 1 aromatic carbocycles. The van der Waals surface area contributed by atoms with E-state index in [1.807, 2.05) is 24.3 Å². The third kappa shape index (κ3) is 2.36. The molecule has 2 aromatic rings. The van der Waals surface area contributed by atoms with Gasteiger partial charge in [0.2, 0.25) is 0 Å². The average molecular weight is 295 g/mol. The summed E-state index contributed by atoms with van der Waals surface area (Å²) in [6.45, 7) is 1.56. The van der Waals surface area contributed by atoms with Crippen LogP contribution in [0, 0.1) is 0 Å². The predicted octanol–water partition coefficient (Wildman–Crippen LogP) is 2.12. The van der Waals surface area contributed by atoms with Crippen LogP contribution >= 0.6 is 11.6 Å². The summed E-state index contributed by atoms with van der Waals surface area (Å²) >= 11 is 6.26. The summed E-state index contributed by atoms with van der Waals surface area (Å²) in [5, 5.41) is 3.74. The van der Waals surface area contributed by atoms with Crippen molar-refractivity contribution in [2.45, 2.75) is 13.0 Å². The van der Waals surface area contributed by atoms with E-state index in [9.17, 15) is 9.59 Å². The predicted molar refractivity (Wildman–Crippen MR) is 76.9 cm³/mol. The first kappa shape index (κ1) is 14.4. The number of aromatic nitrogens is 1. The number of esters is 1. The van der Waals surface area contributed by atoms with E-state index in [0.717, 1.165) is 10.9 Å². The van der Waals surface area contributed by atoms with E-state index < -0.39 is 17.9 Å². The maximum Gasteiger partial charge on any atom is 0.328 e. The number of para-hydroxylation sites is 1. The van der Waals surface area contributed by atoms with E-state index in [4.69, 9.17) is 11.6 Å². The van der Waals surface area contributed by atoms with Crippen LogP contribution < -0.4 is 5.32 Å². The van der Waals surface area contributed by atoms with Gasteiger partial charge in [0.15, 0.2) is 0 Å². The molecule has 1 N–H and O–H groups in total. The van der Waals surface area contributed by atoms with Crippen molar-refractivity contribution in [2.24, 2.45) is 7.05 Å². The van der Waals surface area contributed by atoms with Gasteiger partial charge in [-0.3, -0.25) is 4.79 Å². The summed E-state index contributed by atoms with van der Waals surface area (Å²) in [4.78, 5) is 23.6. The molecule has 0 aliphatic carbocycles. The van der Waals surface area contributed by atoms with Gasteiger partial charge in [0.25, 0.3) is 5.91 Å². The van der Waals surface area contributed by atoms with Crippen LogP contribution in [0.4, 0.5) is 0 Å². The Bertz CT molecular complexity index is 639. The molecule has 0 saturated heterocycles. The highest BCUT2D eigenvalue weighted by Gasteiger charge is 2.23. The van der Waals surface area contributed by atoms with Crippen LogP contribution in [0.3, 0.4) is 0 Å². The Hall–Kier alpha value is -2.01. The van der Waals surface area contributed by atoms with Crippen molar-refractivity contribution in [1.29, 1.82) is 0 Å². The number of methoxy groups -OCH3 is 1. The number of ether oxygens (including phenoxy) is 1. The molecule has 5 nitrogen and oxygen atoms in total. The molecule has 1 aromatic heterocycles. The number of carbonyl (C=O) groups excluding carboxylic acids is 2. The molecule has 1 amide bonds. The van der Waals surface area contributed by atoms with Crippen LogP contribution in [0.2, 0.25) is 5.02 Å². The van der Waals surface area contributed by atoms with Crippen LogP contribution in [0.15, 0.2) is 24.3 Å². The Labute approximate surface area is 121 Å². The lowest BCUT2D eigenvalue weighted by Crippen LogP contribution is -2.39. The van der Waals surface area contributed by atoms with E-state index >= 15 is 0 Å². The van der Waals surface area contributed by atoms with Crippen LogP contribution in [0.5, 0.6) is 0 Å². The van der Waals surface area contributed by atoms with Gasteiger partial charge in [-0.25, -0.2) is 4.79 Å². The van der Waals surface area contributed by atoms with Gasteiger partial charge in [0, 0.05) is 18.0 Å². The second-order valence-corrected chi connectivity index (χ2v) is 4.84. The maximum atomic E-state index is 12.3. The molecule has 0 radical (unpaired) electrons. The summed E-state index contributed by atoms with van der Waals surface area (Å²) in [5.41, 5.74) is 1.18. The second-order valence-electron chi connectivity index (χ2n) is 4.46. The molecule has 1 atom stereocenters. The molecular formula is C14H15ClN2O3. The topological polar surface area (TPSA) is 60.3 Å². The minimum Gasteiger partial charge on any atom is -0.467 e.